The Kier molecular flexibility index (Phi) is 4.87. The Morgan fingerprint density at radius 3 is 1.82 bits per heavy atom. The van der Waals surface area contributed by atoms with Gasteiger partial charge in [0.15, 0.2) is 5.52 Å². The lowest BCUT2D eigenvalue weighted by Gasteiger charge is -2.09. The first-order valence-electron chi connectivity index (χ1n) is 14.9. The van der Waals surface area contributed by atoms with E-state index in [1.165, 1.54) is 52.5 Å². The molecule has 0 aliphatic rings. The summed E-state index contributed by atoms with van der Waals surface area (Å²) in [6.07, 6.45) is 2.24. The molecule has 0 amide bonds. The SMILES string of the molecule is c1ccc2nc(-n3c4ccc5ccccc5c4c4c5ccccc5ccc43)[n+](-c3ccc4c(c3)sc3ccccc34)cc2c1. The molecule has 0 radical (unpaired) electrons. The molecule has 0 spiro atoms. The Morgan fingerprint density at radius 2 is 1.09 bits per heavy atom. The molecule has 3 aromatic heterocycles. The van der Waals surface area contributed by atoms with Gasteiger partial charge in [-0.2, -0.15) is 4.57 Å². The zero-order valence-corrected chi connectivity index (χ0v) is 24.4. The third-order valence-electron chi connectivity index (χ3n) is 9.03. The van der Waals surface area contributed by atoms with Gasteiger partial charge in [-0.25, -0.2) is 4.57 Å². The number of rotatable bonds is 2. The van der Waals surface area contributed by atoms with Crippen LogP contribution < -0.4 is 4.57 Å². The first-order chi connectivity index (χ1) is 21.8. The van der Waals surface area contributed by atoms with Crippen LogP contribution in [0.4, 0.5) is 0 Å². The molecule has 3 nitrogen and oxygen atoms in total. The lowest BCUT2D eigenvalue weighted by molar-refractivity contribution is -0.591. The van der Waals surface area contributed by atoms with E-state index in [2.05, 4.69) is 155 Å². The molecule has 0 fully saturated rings. The second kappa shape index (κ2) is 8.96. The van der Waals surface area contributed by atoms with Crippen molar-refractivity contribution in [1.29, 1.82) is 0 Å². The van der Waals surface area contributed by atoms with Crippen LogP contribution in [0.15, 0.2) is 146 Å². The summed E-state index contributed by atoms with van der Waals surface area (Å²) < 4.78 is 7.22. The topological polar surface area (TPSA) is 21.7 Å². The van der Waals surface area contributed by atoms with Gasteiger partial charge in [0, 0.05) is 36.3 Å². The summed E-state index contributed by atoms with van der Waals surface area (Å²) in [4.78, 5) is 5.41. The van der Waals surface area contributed by atoms with Crippen LogP contribution in [0, 0.1) is 0 Å². The Bertz CT molecular complexity index is 2690. The van der Waals surface area contributed by atoms with E-state index in [4.69, 9.17) is 4.98 Å². The Balaban J connectivity index is 1.37. The van der Waals surface area contributed by atoms with E-state index < -0.39 is 0 Å². The van der Waals surface area contributed by atoms with Crippen molar-refractivity contribution in [2.45, 2.75) is 0 Å². The Hall–Kier alpha value is -5.58. The third-order valence-corrected chi connectivity index (χ3v) is 10.2. The second-order valence-corrected chi connectivity index (χ2v) is 12.5. The van der Waals surface area contributed by atoms with Crippen LogP contribution >= 0.6 is 11.3 Å². The fourth-order valence-corrected chi connectivity index (χ4v) is 8.17. The maximum Gasteiger partial charge on any atom is 0.409 e. The molecule has 0 unspecified atom stereocenters. The van der Waals surface area contributed by atoms with Gasteiger partial charge in [0.2, 0.25) is 0 Å². The molecule has 0 aliphatic carbocycles. The van der Waals surface area contributed by atoms with Crippen molar-refractivity contribution in [3.63, 3.8) is 0 Å². The summed E-state index contributed by atoms with van der Waals surface area (Å²) in [5, 5.41) is 11.2. The van der Waals surface area contributed by atoms with Crippen LogP contribution in [0.25, 0.3) is 86.1 Å². The first kappa shape index (κ1) is 23.9. The van der Waals surface area contributed by atoms with Crippen LogP contribution in [0.1, 0.15) is 0 Å². The minimum Gasteiger partial charge on any atom is -0.201 e. The molecule has 0 bridgehead atoms. The van der Waals surface area contributed by atoms with Crippen molar-refractivity contribution < 1.29 is 4.57 Å². The summed E-state index contributed by atoms with van der Waals surface area (Å²) >= 11 is 1.84. The molecule has 44 heavy (non-hydrogen) atoms. The van der Waals surface area contributed by atoms with Crippen LogP contribution in [0.2, 0.25) is 0 Å². The molecule has 10 rings (SSSR count). The van der Waals surface area contributed by atoms with E-state index in [1.807, 2.05) is 11.3 Å². The molecule has 0 saturated heterocycles. The van der Waals surface area contributed by atoms with Crippen molar-refractivity contribution in [2.24, 2.45) is 0 Å². The number of fused-ring (bicyclic) bond motifs is 11. The van der Waals surface area contributed by atoms with E-state index in [-0.39, 0.29) is 0 Å². The van der Waals surface area contributed by atoms with Crippen molar-refractivity contribution in [1.82, 2.24) is 9.55 Å². The molecule has 3 heterocycles. The molecule has 204 valence electrons. The summed E-state index contributed by atoms with van der Waals surface area (Å²) in [6.45, 7) is 0. The van der Waals surface area contributed by atoms with Gasteiger partial charge in [0.1, 0.15) is 16.7 Å². The van der Waals surface area contributed by atoms with Crippen LogP contribution in [0.3, 0.4) is 0 Å². The molecule has 0 saturated carbocycles. The van der Waals surface area contributed by atoms with Crippen LogP contribution in [-0.2, 0) is 0 Å². The minimum absolute atomic E-state index is 0.870. The Labute approximate surface area is 256 Å². The van der Waals surface area contributed by atoms with E-state index in [0.717, 1.165) is 33.6 Å². The number of aromatic nitrogens is 3. The summed E-state index contributed by atoms with van der Waals surface area (Å²) in [6, 6.07) is 50.4. The largest absolute Gasteiger partial charge is 0.409 e. The predicted molar refractivity (Wildman–Crippen MR) is 186 cm³/mol. The lowest BCUT2D eigenvalue weighted by Crippen LogP contribution is -2.37. The quantitative estimate of drug-likeness (QED) is 0.187. The molecule has 0 atom stereocenters. The third kappa shape index (κ3) is 3.31. The van der Waals surface area contributed by atoms with Gasteiger partial charge in [-0.1, -0.05) is 96.0 Å². The van der Waals surface area contributed by atoms with Gasteiger partial charge in [0.05, 0.1) is 6.20 Å². The molecule has 7 aromatic carbocycles. The summed E-state index contributed by atoms with van der Waals surface area (Å²) in [7, 11) is 0. The number of thiophene rings is 1. The summed E-state index contributed by atoms with van der Waals surface area (Å²) in [5.74, 6) is 0.870. The average molecular weight is 579 g/mol. The molecule has 10 aromatic rings. The molecular formula is C40H24N3S+. The fourth-order valence-electron chi connectivity index (χ4n) is 7.03. The van der Waals surface area contributed by atoms with Gasteiger partial charge in [-0.15, -0.1) is 11.3 Å². The van der Waals surface area contributed by atoms with E-state index >= 15 is 0 Å². The Morgan fingerprint density at radius 1 is 0.500 bits per heavy atom. The van der Waals surface area contributed by atoms with Crippen LogP contribution in [-0.4, -0.2) is 9.55 Å². The van der Waals surface area contributed by atoms with E-state index in [1.54, 1.807) is 0 Å². The fraction of sp³-hybridized carbons (Fsp3) is 0. The molecular weight excluding hydrogens is 555 g/mol. The van der Waals surface area contributed by atoms with Crippen molar-refractivity contribution in [3.05, 3.63) is 146 Å². The normalized spacial score (nSPS) is 12.1. The highest BCUT2D eigenvalue weighted by Gasteiger charge is 2.27. The number of nitrogens with zero attached hydrogens (tertiary/aromatic N) is 3. The number of hydrogen-bond acceptors (Lipinski definition) is 2. The van der Waals surface area contributed by atoms with Crippen molar-refractivity contribution in [2.75, 3.05) is 0 Å². The van der Waals surface area contributed by atoms with Gasteiger partial charge < -0.3 is 0 Å². The summed E-state index contributed by atoms with van der Waals surface area (Å²) in [5.41, 5.74) is 4.36. The smallest absolute Gasteiger partial charge is 0.201 e. The maximum atomic E-state index is 5.41. The molecule has 0 N–H and O–H groups in total. The van der Waals surface area contributed by atoms with Gasteiger partial charge in [-0.05, 0) is 70.1 Å². The zero-order chi connectivity index (χ0) is 28.8. The van der Waals surface area contributed by atoms with Gasteiger partial charge >= 0.3 is 5.95 Å². The van der Waals surface area contributed by atoms with Crippen molar-refractivity contribution in [3.8, 4) is 11.6 Å². The monoisotopic (exact) mass is 578 g/mol. The lowest BCUT2D eigenvalue weighted by atomic mass is 10.00. The van der Waals surface area contributed by atoms with E-state index in [0.29, 0.717) is 0 Å². The zero-order valence-electron chi connectivity index (χ0n) is 23.6. The molecule has 4 heteroatoms. The average Bonchev–Trinajstić information content (AvgIpc) is 3.63. The van der Waals surface area contributed by atoms with Gasteiger partial charge in [-0.3, -0.25) is 0 Å². The minimum atomic E-state index is 0.870. The van der Waals surface area contributed by atoms with Crippen molar-refractivity contribution >= 4 is 85.8 Å². The standard InChI is InChI=1S/C40H24N3S/c1-4-12-29-25(9-1)17-21-34-38(29)39-30-13-5-2-10-26(30)18-22-35(39)43(34)40-41-33-15-7-3-11-27(33)24-42(40)28-19-20-32-31-14-6-8-16-36(31)44-37(32)23-28/h1-24H/q+1. The highest BCUT2D eigenvalue weighted by atomic mass is 32.1. The first-order valence-corrected chi connectivity index (χ1v) is 15.7. The highest BCUT2D eigenvalue weighted by Crippen LogP contribution is 2.40. The maximum absolute atomic E-state index is 5.41. The van der Waals surface area contributed by atoms with Crippen LogP contribution in [0.5, 0.6) is 0 Å². The second-order valence-electron chi connectivity index (χ2n) is 11.4. The van der Waals surface area contributed by atoms with Gasteiger partial charge in [0.25, 0.3) is 0 Å². The predicted octanol–water partition coefficient (Wildman–Crippen LogP) is 10.3. The number of para-hydroxylation sites is 1. The number of hydrogen-bond donors (Lipinski definition) is 0. The molecule has 0 aliphatic heterocycles. The number of benzene rings is 7. The highest BCUT2D eigenvalue weighted by molar-refractivity contribution is 7.25. The van der Waals surface area contributed by atoms with E-state index in [9.17, 15) is 0 Å².